The zero-order valence-corrected chi connectivity index (χ0v) is 20.7. The Kier molecular flexibility index (Phi) is 9.56. The second kappa shape index (κ2) is 11.9. The highest BCUT2D eigenvalue weighted by Gasteiger charge is 2.23. The minimum atomic E-state index is -1.13. The lowest BCUT2D eigenvalue weighted by molar-refractivity contribution is -0.141. The van der Waals surface area contributed by atoms with Crippen LogP contribution in [0.1, 0.15) is 48.7 Å². The number of amides is 2. The lowest BCUT2D eigenvalue weighted by Crippen LogP contribution is -2.44. The van der Waals surface area contributed by atoms with Crippen LogP contribution in [0.3, 0.4) is 0 Å². The highest BCUT2D eigenvalue weighted by atomic mass is 35.5. The van der Waals surface area contributed by atoms with E-state index in [4.69, 9.17) is 11.6 Å². The summed E-state index contributed by atoms with van der Waals surface area (Å²) < 4.78 is 0. The largest absolute Gasteiger partial charge is 0.480 e. The molecule has 0 saturated carbocycles. The number of nitrogens with one attached hydrogen (secondary N) is 2. The number of carbonyl (C=O) groups is 3. The normalized spacial score (nSPS) is 12.7. The second-order valence-electron chi connectivity index (χ2n) is 8.54. The van der Waals surface area contributed by atoms with Crippen molar-refractivity contribution in [1.82, 2.24) is 10.6 Å². The molecule has 0 aromatic heterocycles. The minimum absolute atomic E-state index is 0.0578. The van der Waals surface area contributed by atoms with E-state index in [0.717, 1.165) is 5.56 Å². The maximum Gasteiger partial charge on any atom is 0.326 e. The number of benzene rings is 2. The van der Waals surface area contributed by atoms with Crippen LogP contribution in [0, 0.1) is 0 Å². The first-order valence-corrected chi connectivity index (χ1v) is 12.2. The molecule has 0 unspecified atom stereocenters. The highest BCUT2D eigenvalue weighted by molar-refractivity contribution is 7.98. The topological polar surface area (TPSA) is 95.5 Å². The molecule has 0 spiro atoms. The number of carboxylic acids is 1. The van der Waals surface area contributed by atoms with E-state index >= 15 is 0 Å². The molecule has 176 valence electrons. The third-order valence-electron chi connectivity index (χ3n) is 4.90. The van der Waals surface area contributed by atoms with Gasteiger partial charge >= 0.3 is 5.97 Å². The summed E-state index contributed by atoms with van der Waals surface area (Å²) in [6, 6.07) is 12.8. The maximum absolute atomic E-state index is 13.0. The van der Waals surface area contributed by atoms with E-state index < -0.39 is 23.8 Å². The molecule has 0 aliphatic rings. The lowest BCUT2D eigenvalue weighted by Gasteiger charge is -2.19. The zero-order valence-electron chi connectivity index (χ0n) is 19.1. The molecule has 0 bridgehead atoms. The van der Waals surface area contributed by atoms with Crippen molar-refractivity contribution in [3.63, 3.8) is 0 Å². The van der Waals surface area contributed by atoms with Crippen LogP contribution in [-0.4, -0.2) is 40.9 Å². The van der Waals surface area contributed by atoms with Crippen LogP contribution in [0.15, 0.2) is 54.2 Å². The van der Waals surface area contributed by atoms with Gasteiger partial charge in [0.15, 0.2) is 0 Å². The number of hydrogen-bond donors (Lipinski definition) is 3. The third kappa shape index (κ3) is 8.26. The molecule has 2 rings (SSSR count). The molecular weight excluding hydrogens is 460 g/mol. The molecular formula is C25H29ClN2O4S. The summed E-state index contributed by atoms with van der Waals surface area (Å²) in [7, 11) is 0. The van der Waals surface area contributed by atoms with Gasteiger partial charge < -0.3 is 15.7 Å². The van der Waals surface area contributed by atoms with Crippen molar-refractivity contribution in [3.8, 4) is 0 Å². The summed E-state index contributed by atoms with van der Waals surface area (Å²) in [5.41, 5.74) is 1.97. The smallest absolute Gasteiger partial charge is 0.326 e. The molecule has 6 nitrogen and oxygen atoms in total. The Bertz CT molecular complexity index is 1010. The predicted molar refractivity (Wildman–Crippen MR) is 135 cm³/mol. The van der Waals surface area contributed by atoms with E-state index in [1.165, 1.54) is 17.8 Å². The van der Waals surface area contributed by atoms with E-state index in [9.17, 15) is 19.5 Å². The predicted octanol–water partition coefficient (Wildman–Crippen LogP) is 4.73. The number of rotatable bonds is 9. The fourth-order valence-corrected chi connectivity index (χ4v) is 3.53. The fraction of sp³-hybridized carbons (Fsp3) is 0.320. The molecule has 2 aromatic rings. The van der Waals surface area contributed by atoms with Crippen LogP contribution in [0.2, 0.25) is 5.02 Å². The number of halogens is 1. The highest BCUT2D eigenvalue weighted by Crippen LogP contribution is 2.22. The average Bonchev–Trinajstić information content (AvgIpc) is 2.76. The van der Waals surface area contributed by atoms with Crippen LogP contribution in [0.4, 0.5) is 0 Å². The van der Waals surface area contributed by atoms with Gasteiger partial charge in [-0.25, -0.2) is 4.79 Å². The molecule has 8 heteroatoms. The molecule has 0 aliphatic carbocycles. The maximum atomic E-state index is 13.0. The van der Waals surface area contributed by atoms with Crippen molar-refractivity contribution in [2.24, 2.45) is 0 Å². The van der Waals surface area contributed by atoms with Crippen LogP contribution >= 0.6 is 23.4 Å². The Hall–Kier alpha value is -2.77. The van der Waals surface area contributed by atoms with Crippen LogP contribution in [-0.2, 0) is 15.0 Å². The van der Waals surface area contributed by atoms with Gasteiger partial charge in [-0.1, -0.05) is 56.6 Å². The molecule has 3 N–H and O–H groups in total. The standard InChI is InChI=1S/C25H29ClN2O4S/c1-25(2,3)18-9-7-17(8-10-18)22(29)28-21(15-16-5-11-19(26)12-6-16)23(30)27-20(24(31)32)13-14-33-4/h5-12,15,20H,13-14H2,1-4H3,(H,27,30)(H,28,29)(H,31,32)/b21-15+/t20-/m0/s1. The van der Waals surface area contributed by atoms with Crippen LogP contribution < -0.4 is 10.6 Å². The lowest BCUT2D eigenvalue weighted by atomic mass is 9.87. The Morgan fingerprint density at radius 3 is 2.18 bits per heavy atom. The number of carbonyl (C=O) groups excluding carboxylic acids is 2. The van der Waals surface area contributed by atoms with E-state index in [2.05, 4.69) is 31.4 Å². The van der Waals surface area contributed by atoms with Gasteiger partial charge in [0, 0.05) is 10.6 Å². The van der Waals surface area contributed by atoms with Gasteiger partial charge in [-0.3, -0.25) is 9.59 Å². The van der Waals surface area contributed by atoms with Crippen molar-refractivity contribution >= 4 is 47.2 Å². The summed E-state index contributed by atoms with van der Waals surface area (Å²) in [4.78, 5) is 37.4. The Balaban J connectivity index is 2.30. The van der Waals surface area contributed by atoms with Gasteiger partial charge in [-0.2, -0.15) is 11.8 Å². The van der Waals surface area contributed by atoms with Crippen LogP contribution in [0.5, 0.6) is 0 Å². The molecule has 0 aliphatic heterocycles. The monoisotopic (exact) mass is 488 g/mol. The van der Waals surface area contributed by atoms with E-state index in [0.29, 0.717) is 21.9 Å². The van der Waals surface area contributed by atoms with Crippen molar-refractivity contribution in [2.75, 3.05) is 12.0 Å². The summed E-state index contributed by atoms with van der Waals surface area (Å²) >= 11 is 7.42. The van der Waals surface area contributed by atoms with Crippen molar-refractivity contribution in [2.45, 2.75) is 38.6 Å². The van der Waals surface area contributed by atoms with E-state index in [1.54, 1.807) is 36.4 Å². The number of thioether (sulfide) groups is 1. The molecule has 2 aromatic carbocycles. The quantitative estimate of drug-likeness (QED) is 0.443. The molecule has 0 saturated heterocycles. The zero-order chi connectivity index (χ0) is 24.6. The third-order valence-corrected chi connectivity index (χ3v) is 5.80. The second-order valence-corrected chi connectivity index (χ2v) is 9.96. The van der Waals surface area contributed by atoms with Gasteiger partial charge in [0.05, 0.1) is 0 Å². The molecule has 2 amide bonds. The summed E-state index contributed by atoms with van der Waals surface area (Å²) in [5, 5.41) is 15.1. The van der Waals surface area contributed by atoms with Crippen molar-refractivity contribution < 1.29 is 19.5 Å². The van der Waals surface area contributed by atoms with Gasteiger partial charge in [-0.15, -0.1) is 0 Å². The SMILES string of the molecule is CSCC[C@H](NC(=O)/C(=C\c1ccc(Cl)cc1)NC(=O)c1ccc(C(C)(C)C)cc1)C(=O)O. The average molecular weight is 489 g/mol. The van der Waals surface area contributed by atoms with Crippen molar-refractivity contribution in [1.29, 1.82) is 0 Å². The first kappa shape index (κ1) is 26.5. The van der Waals surface area contributed by atoms with Gasteiger partial charge in [0.2, 0.25) is 0 Å². The molecule has 0 fully saturated rings. The summed E-state index contributed by atoms with van der Waals surface area (Å²) in [5.74, 6) is -1.72. The molecule has 0 heterocycles. The number of aliphatic carboxylic acids is 1. The molecule has 1 atom stereocenters. The van der Waals surface area contributed by atoms with E-state index in [-0.39, 0.29) is 17.5 Å². The Labute approximate surface area is 203 Å². The number of carboxylic acid groups (broad SMARTS) is 1. The Morgan fingerprint density at radius 2 is 1.67 bits per heavy atom. The van der Waals surface area contributed by atoms with E-state index in [1.807, 2.05) is 18.4 Å². The molecule has 33 heavy (non-hydrogen) atoms. The fourth-order valence-electron chi connectivity index (χ4n) is 2.93. The first-order valence-electron chi connectivity index (χ1n) is 10.4. The van der Waals surface area contributed by atoms with Gasteiger partial charge in [0.1, 0.15) is 11.7 Å². The van der Waals surface area contributed by atoms with Gasteiger partial charge in [-0.05, 0) is 65.3 Å². The minimum Gasteiger partial charge on any atom is -0.480 e. The Morgan fingerprint density at radius 1 is 1.06 bits per heavy atom. The first-order chi connectivity index (χ1) is 15.5. The van der Waals surface area contributed by atoms with Crippen LogP contribution in [0.25, 0.3) is 6.08 Å². The van der Waals surface area contributed by atoms with Crippen molar-refractivity contribution in [3.05, 3.63) is 75.9 Å². The van der Waals surface area contributed by atoms with Gasteiger partial charge in [0.25, 0.3) is 11.8 Å². The number of hydrogen-bond acceptors (Lipinski definition) is 4. The molecule has 0 radical (unpaired) electrons. The summed E-state index contributed by atoms with van der Waals surface area (Å²) in [6.07, 6.45) is 3.61. The summed E-state index contributed by atoms with van der Waals surface area (Å²) in [6.45, 7) is 6.24.